The van der Waals surface area contributed by atoms with Crippen LogP contribution in [-0.2, 0) is 28.5 Å². The van der Waals surface area contributed by atoms with E-state index >= 15 is 0 Å². The maximum absolute atomic E-state index is 12.7. The molecule has 10 heteroatoms. The summed E-state index contributed by atoms with van der Waals surface area (Å²) in [4.78, 5) is 25.1. The van der Waals surface area contributed by atoms with Crippen LogP contribution < -0.4 is 0 Å². The molecule has 1 saturated heterocycles. The van der Waals surface area contributed by atoms with Gasteiger partial charge in [-0.1, -0.05) is 162 Å². The minimum Gasteiger partial charge on any atom is -0.462 e. The van der Waals surface area contributed by atoms with Crippen LogP contribution in [0.15, 0.2) is 0 Å². The first-order valence-electron chi connectivity index (χ1n) is 20.6. The van der Waals surface area contributed by atoms with E-state index in [9.17, 15) is 30.0 Å². The molecule has 0 aromatic heterocycles. The highest BCUT2D eigenvalue weighted by molar-refractivity contribution is 5.70. The van der Waals surface area contributed by atoms with Gasteiger partial charge < -0.3 is 39.4 Å². The average molecular weight is 717 g/mol. The van der Waals surface area contributed by atoms with Crippen molar-refractivity contribution in [1.29, 1.82) is 0 Å². The van der Waals surface area contributed by atoms with Gasteiger partial charge in [-0.05, 0) is 12.8 Å². The molecule has 6 atom stereocenters. The second-order valence-corrected chi connectivity index (χ2v) is 14.5. The molecule has 1 aliphatic heterocycles. The number of hydrogen-bond acceptors (Lipinski definition) is 10. The molecule has 0 aromatic carbocycles. The molecular formula is C40H76O10. The Balaban J connectivity index is 2.33. The third-order valence-corrected chi connectivity index (χ3v) is 9.74. The van der Waals surface area contributed by atoms with Gasteiger partial charge in [0.2, 0.25) is 0 Å². The second-order valence-electron chi connectivity index (χ2n) is 14.5. The van der Waals surface area contributed by atoms with Crippen LogP contribution in [0.25, 0.3) is 0 Å². The van der Waals surface area contributed by atoms with Crippen molar-refractivity contribution < 1.29 is 49.0 Å². The Labute approximate surface area is 304 Å². The predicted molar refractivity (Wildman–Crippen MR) is 197 cm³/mol. The summed E-state index contributed by atoms with van der Waals surface area (Å²) in [7, 11) is 0. The van der Waals surface area contributed by atoms with Crippen molar-refractivity contribution in [2.24, 2.45) is 0 Å². The van der Waals surface area contributed by atoms with Crippen LogP contribution in [0.3, 0.4) is 0 Å². The summed E-state index contributed by atoms with van der Waals surface area (Å²) in [6.07, 6.45) is 22.6. The number of hydrogen-bond donors (Lipinski definition) is 4. The molecule has 0 bridgehead atoms. The molecule has 0 saturated carbocycles. The van der Waals surface area contributed by atoms with Gasteiger partial charge in [-0.3, -0.25) is 9.59 Å². The van der Waals surface area contributed by atoms with Crippen LogP contribution in [0.2, 0.25) is 0 Å². The quantitative estimate of drug-likeness (QED) is 0.0383. The normalized spacial score (nSPS) is 21.3. The zero-order chi connectivity index (χ0) is 36.7. The zero-order valence-corrected chi connectivity index (χ0v) is 31.9. The number of aliphatic hydroxyl groups is 4. The average Bonchev–Trinajstić information content (AvgIpc) is 3.11. The monoisotopic (exact) mass is 717 g/mol. The van der Waals surface area contributed by atoms with Crippen molar-refractivity contribution in [3.63, 3.8) is 0 Å². The van der Waals surface area contributed by atoms with E-state index in [1.807, 2.05) is 0 Å². The molecule has 0 spiro atoms. The van der Waals surface area contributed by atoms with Crippen molar-refractivity contribution in [1.82, 2.24) is 0 Å². The lowest BCUT2D eigenvalue weighted by Crippen LogP contribution is -2.59. The van der Waals surface area contributed by atoms with Gasteiger partial charge in [0, 0.05) is 12.8 Å². The number of carbonyl (C=O) groups excluding carboxylic acids is 2. The van der Waals surface area contributed by atoms with E-state index in [1.54, 1.807) is 0 Å². The fourth-order valence-electron chi connectivity index (χ4n) is 6.42. The van der Waals surface area contributed by atoms with Gasteiger partial charge in [0.25, 0.3) is 0 Å². The highest BCUT2D eigenvalue weighted by Crippen LogP contribution is 2.23. The lowest BCUT2D eigenvalue weighted by Gasteiger charge is -2.39. The van der Waals surface area contributed by atoms with Gasteiger partial charge >= 0.3 is 11.9 Å². The zero-order valence-electron chi connectivity index (χ0n) is 31.9. The summed E-state index contributed by atoms with van der Waals surface area (Å²) < 4.78 is 22.1. The number of unbranched alkanes of at least 4 members (excludes halogenated alkanes) is 23. The Morgan fingerprint density at radius 3 is 1.36 bits per heavy atom. The van der Waals surface area contributed by atoms with E-state index in [1.165, 1.54) is 116 Å². The molecule has 296 valence electrons. The SMILES string of the molecule is CCCCCCCCCCCCCCCCCCC(=O)OC(COC(=O)CCCCCCCCCCC)COC1OC(CO)C(O)C(O)C1O. The summed E-state index contributed by atoms with van der Waals surface area (Å²) in [5.74, 6) is -0.799. The second kappa shape index (κ2) is 32.4. The smallest absolute Gasteiger partial charge is 0.306 e. The van der Waals surface area contributed by atoms with E-state index in [2.05, 4.69) is 13.8 Å². The molecule has 6 unspecified atom stereocenters. The summed E-state index contributed by atoms with van der Waals surface area (Å²) in [6, 6.07) is 0. The summed E-state index contributed by atoms with van der Waals surface area (Å²) in [5, 5.41) is 39.9. The molecule has 10 nitrogen and oxygen atoms in total. The number of carbonyl (C=O) groups is 2. The van der Waals surface area contributed by atoms with Gasteiger partial charge in [0.15, 0.2) is 12.4 Å². The third kappa shape index (κ3) is 24.0. The van der Waals surface area contributed by atoms with E-state index in [0.717, 1.165) is 38.5 Å². The number of esters is 2. The van der Waals surface area contributed by atoms with Crippen LogP contribution >= 0.6 is 0 Å². The van der Waals surface area contributed by atoms with Crippen molar-refractivity contribution >= 4 is 11.9 Å². The third-order valence-electron chi connectivity index (χ3n) is 9.74. The lowest BCUT2D eigenvalue weighted by molar-refractivity contribution is -0.305. The van der Waals surface area contributed by atoms with Gasteiger partial charge in [-0.25, -0.2) is 0 Å². The highest BCUT2D eigenvalue weighted by atomic mass is 16.7. The van der Waals surface area contributed by atoms with E-state index in [4.69, 9.17) is 18.9 Å². The molecule has 1 rings (SSSR count). The van der Waals surface area contributed by atoms with Crippen LogP contribution in [-0.4, -0.2) is 89.0 Å². The Morgan fingerprint density at radius 1 is 0.540 bits per heavy atom. The van der Waals surface area contributed by atoms with Gasteiger partial charge in [-0.15, -0.1) is 0 Å². The van der Waals surface area contributed by atoms with E-state index in [-0.39, 0.29) is 32.0 Å². The Kier molecular flexibility index (Phi) is 30.2. The summed E-state index contributed by atoms with van der Waals surface area (Å²) in [5.41, 5.74) is 0. The van der Waals surface area contributed by atoms with Crippen molar-refractivity contribution in [2.45, 2.75) is 224 Å². The molecule has 0 aromatic rings. The van der Waals surface area contributed by atoms with Gasteiger partial charge in [0.05, 0.1) is 13.2 Å². The van der Waals surface area contributed by atoms with Gasteiger partial charge in [-0.2, -0.15) is 0 Å². The largest absolute Gasteiger partial charge is 0.462 e. The lowest BCUT2D eigenvalue weighted by atomic mass is 9.99. The molecule has 0 amide bonds. The van der Waals surface area contributed by atoms with Crippen LogP contribution in [0.5, 0.6) is 0 Å². The first kappa shape index (κ1) is 46.7. The molecule has 50 heavy (non-hydrogen) atoms. The van der Waals surface area contributed by atoms with Crippen molar-refractivity contribution in [2.75, 3.05) is 19.8 Å². The molecule has 4 N–H and O–H groups in total. The van der Waals surface area contributed by atoms with Crippen LogP contribution in [0, 0.1) is 0 Å². The molecule has 1 heterocycles. The standard InChI is InChI=1S/C40H76O10/c1-3-5-7-9-11-13-14-15-16-17-18-19-21-23-25-27-29-36(43)49-33(32-48-40-39(46)38(45)37(44)34(30-41)50-40)31-47-35(42)28-26-24-22-20-12-10-8-6-4-2/h33-34,37-41,44-46H,3-32H2,1-2H3. The summed E-state index contributed by atoms with van der Waals surface area (Å²) >= 11 is 0. The first-order valence-corrected chi connectivity index (χ1v) is 20.6. The minimum absolute atomic E-state index is 0.210. The topological polar surface area (TPSA) is 152 Å². The number of rotatable bonds is 34. The molecule has 1 aliphatic rings. The van der Waals surface area contributed by atoms with E-state index in [0.29, 0.717) is 6.42 Å². The maximum atomic E-state index is 12.7. The number of aliphatic hydroxyl groups excluding tert-OH is 4. The first-order chi connectivity index (χ1) is 24.3. The fourth-order valence-corrected chi connectivity index (χ4v) is 6.42. The Morgan fingerprint density at radius 2 is 0.940 bits per heavy atom. The predicted octanol–water partition coefficient (Wildman–Crippen LogP) is 7.83. The number of ether oxygens (including phenoxy) is 4. The maximum Gasteiger partial charge on any atom is 0.306 e. The summed E-state index contributed by atoms with van der Waals surface area (Å²) in [6.45, 7) is 3.41. The van der Waals surface area contributed by atoms with E-state index < -0.39 is 49.4 Å². The molecular weight excluding hydrogens is 640 g/mol. The minimum atomic E-state index is -1.59. The Hall–Kier alpha value is -1.30. The van der Waals surface area contributed by atoms with Crippen molar-refractivity contribution in [3.8, 4) is 0 Å². The molecule has 1 fully saturated rings. The van der Waals surface area contributed by atoms with Crippen LogP contribution in [0.1, 0.15) is 187 Å². The molecule has 0 aliphatic carbocycles. The highest BCUT2D eigenvalue weighted by Gasteiger charge is 2.44. The van der Waals surface area contributed by atoms with Crippen LogP contribution in [0.4, 0.5) is 0 Å². The molecule has 0 radical (unpaired) electrons. The Bertz CT molecular complexity index is 794. The van der Waals surface area contributed by atoms with Crippen molar-refractivity contribution in [3.05, 3.63) is 0 Å². The van der Waals surface area contributed by atoms with Gasteiger partial charge in [0.1, 0.15) is 31.0 Å². The fraction of sp³-hybridized carbons (Fsp3) is 0.950.